The Morgan fingerprint density at radius 1 is 1.67 bits per heavy atom. The Bertz CT molecular complexity index is 312. The highest BCUT2D eigenvalue weighted by molar-refractivity contribution is 4.92. The predicted octanol–water partition coefficient (Wildman–Crippen LogP) is 1.12. The molecule has 1 N–H and O–H groups in total. The van der Waals surface area contributed by atoms with Gasteiger partial charge in [-0.05, 0) is 6.92 Å². The lowest BCUT2D eigenvalue weighted by atomic mass is 10.1. The van der Waals surface area contributed by atoms with E-state index in [4.69, 9.17) is 0 Å². The summed E-state index contributed by atoms with van der Waals surface area (Å²) >= 11 is 0. The van der Waals surface area contributed by atoms with Gasteiger partial charge in [-0.15, -0.1) is 5.10 Å². The van der Waals surface area contributed by atoms with E-state index in [9.17, 15) is 13.6 Å². The molecule has 12 heavy (non-hydrogen) atoms. The summed E-state index contributed by atoms with van der Waals surface area (Å²) in [6, 6.07) is 0. The second-order valence-electron chi connectivity index (χ2n) is 2.63. The van der Waals surface area contributed by atoms with E-state index in [-0.39, 0.29) is 5.89 Å². The van der Waals surface area contributed by atoms with Crippen LogP contribution in [0.15, 0.2) is 9.21 Å². The monoisotopic (exact) mass is 178 g/mol. The van der Waals surface area contributed by atoms with Crippen LogP contribution in [0.3, 0.4) is 0 Å². The average Bonchev–Trinajstić information content (AvgIpc) is 2.32. The van der Waals surface area contributed by atoms with E-state index in [0.717, 1.165) is 6.92 Å². The van der Waals surface area contributed by atoms with Crippen molar-refractivity contribution in [3.8, 4) is 0 Å². The Balaban J connectivity index is 2.92. The van der Waals surface area contributed by atoms with Gasteiger partial charge in [0.1, 0.15) is 0 Å². The average molecular weight is 178 g/mol. The molecule has 0 spiro atoms. The van der Waals surface area contributed by atoms with E-state index in [1.54, 1.807) is 0 Å². The third-order valence-corrected chi connectivity index (χ3v) is 1.59. The van der Waals surface area contributed by atoms with Crippen molar-refractivity contribution in [1.29, 1.82) is 0 Å². The zero-order chi connectivity index (χ0) is 9.35. The normalized spacial score (nSPS) is 14.7. The highest BCUT2D eigenvalue weighted by Gasteiger charge is 2.35. The fourth-order valence-corrected chi connectivity index (χ4v) is 0.643. The number of hydrogen-bond acceptors (Lipinski definition) is 3. The second kappa shape index (κ2) is 2.69. The zero-order valence-corrected chi connectivity index (χ0v) is 6.60. The molecule has 0 aromatic carbocycles. The van der Waals surface area contributed by atoms with E-state index in [1.165, 1.54) is 6.92 Å². The fourth-order valence-electron chi connectivity index (χ4n) is 0.643. The van der Waals surface area contributed by atoms with Crippen molar-refractivity contribution in [2.45, 2.75) is 25.7 Å². The van der Waals surface area contributed by atoms with Gasteiger partial charge < -0.3 is 4.42 Å². The maximum atomic E-state index is 12.6. The number of nitrogens with zero attached hydrogens (tertiary/aromatic N) is 1. The number of halogens is 2. The molecule has 1 rings (SSSR count). The first-order valence-electron chi connectivity index (χ1n) is 3.34. The molecule has 0 amide bonds. The van der Waals surface area contributed by atoms with Crippen LogP contribution in [0.1, 0.15) is 25.7 Å². The lowest BCUT2D eigenvalue weighted by molar-refractivity contribution is -0.0103. The van der Waals surface area contributed by atoms with Crippen molar-refractivity contribution in [2.24, 2.45) is 0 Å². The molecule has 6 heteroatoms. The summed E-state index contributed by atoms with van der Waals surface area (Å²) in [5.74, 6) is -5.23. The number of rotatable bonds is 2. The van der Waals surface area contributed by atoms with Crippen molar-refractivity contribution in [1.82, 2.24) is 10.2 Å². The van der Waals surface area contributed by atoms with Gasteiger partial charge in [-0.1, -0.05) is 0 Å². The van der Waals surface area contributed by atoms with Gasteiger partial charge in [-0.25, -0.2) is 18.7 Å². The van der Waals surface area contributed by atoms with Gasteiger partial charge in [0, 0.05) is 6.92 Å². The number of alkyl halides is 2. The number of hydrogen-bond donors (Lipinski definition) is 1. The Hall–Kier alpha value is -1.20. The summed E-state index contributed by atoms with van der Waals surface area (Å²) in [6.07, 6.45) is 0. The van der Waals surface area contributed by atoms with Gasteiger partial charge in [0.25, 0.3) is 5.92 Å². The zero-order valence-electron chi connectivity index (χ0n) is 6.60. The molecule has 0 aliphatic carbocycles. The molecular weight excluding hydrogens is 170 g/mol. The molecule has 0 radical (unpaired) electrons. The standard InChI is InChI=1S/C6H8F2N2O2/c1-3(6(2,7)8)4-9-10-5(11)12-4/h3H,1-2H3,(H,10,11). The highest BCUT2D eigenvalue weighted by Crippen LogP contribution is 2.30. The molecule has 0 bridgehead atoms. The molecule has 1 aromatic heterocycles. The summed E-state index contributed by atoms with van der Waals surface area (Å²) < 4.78 is 29.6. The van der Waals surface area contributed by atoms with Gasteiger partial charge in [0.05, 0.1) is 5.92 Å². The number of H-pyrrole nitrogens is 1. The van der Waals surface area contributed by atoms with Crippen molar-refractivity contribution < 1.29 is 13.2 Å². The summed E-state index contributed by atoms with van der Waals surface area (Å²) in [4.78, 5) is 10.4. The second-order valence-corrected chi connectivity index (χ2v) is 2.63. The molecule has 0 aliphatic rings. The first kappa shape index (κ1) is 8.89. The summed E-state index contributed by atoms with van der Waals surface area (Å²) in [6.45, 7) is 1.98. The van der Waals surface area contributed by atoms with Crippen LogP contribution in [-0.2, 0) is 0 Å². The van der Waals surface area contributed by atoms with E-state index in [0.29, 0.717) is 0 Å². The first-order chi connectivity index (χ1) is 5.41. The molecule has 0 saturated heterocycles. The third-order valence-electron chi connectivity index (χ3n) is 1.59. The summed E-state index contributed by atoms with van der Waals surface area (Å²) in [5, 5.41) is 5.21. The van der Waals surface area contributed by atoms with Gasteiger partial charge in [-0.3, -0.25) is 0 Å². The quantitative estimate of drug-likeness (QED) is 0.738. The van der Waals surface area contributed by atoms with E-state index < -0.39 is 17.6 Å². The third kappa shape index (κ3) is 1.69. The van der Waals surface area contributed by atoms with Crippen molar-refractivity contribution in [2.75, 3.05) is 0 Å². The number of nitrogens with one attached hydrogen (secondary N) is 1. The maximum Gasteiger partial charge on any atom is 0.434 e. The number of aromatic amines is 1. The van der Waals surface area contributed by atoms with Gasteiger partial charge >= 0.3 is 5.76 Å². The van der Waals surface area contributed by atoms with Crippen LogP contribution < -0.4 is 5.76 Å². The molecule has 1 aromatic rings. The van der Waals surface area contributed by atoms with Gasteiger partial charge in [0.15, 0.2) is 0 Å². The Morgan fingerprint density at radius 2 is 2.25 bits per heavy atom. The summed E-state index contributed by atoms with van der Waals surface area (Å²) in [7, 11) is 0. The van der Waals surface area contributed by atoms with Gasteiger partial charge in [-0.2, -0.15) is 0 Å². The van der Waals surface area contributed by atoms with Crippen LogP contribution >= 0.6 is 0 Å². The van der Waals surface area contributed by atoms with Crippen LogP contribution in [0, 0.1) is 0 Å². The number of aromatic nitrogens is 2. The van der Waals surface area contributed by atoms with Crippen molar-refractivity contribution in [3.05, 3.63) is 16.4 Å². The molecule has 4 nitrogen and oxygen atoms in total. The predicted molar refractivity (Wildman–Crippen MR) is 36.2 cm³/mol. The minimum atomic E-state index is -2.94. The Kier molecular flexibility index (Phi) is 1.99. The molecule has 1 heterocycles. The van der Waals surface area contributed by atoms with Crippen molar-refractivity contribution in [3.63, 3.8) is 0 Å². The Labute approximate surface area is 66.6 Å². The largest absolute Gasteiger partial charge is 0.434 e. The van der Waals surface area contributed by atoms with Crippen LogP contribution in [0.25, 0.3) is 0 Å². The molecule has 0 fully saturated rings. The summed E-state index contributed by atoms with van der Waals surface area (Å²) in [5.41, 5.74) is 0. The molecular formula is C6H8F2N2O2. The minimum Gasteiger partial charge on any atom is -0.392 e. The molecule has 1 atom stereocenters. The van der Waals surface area contributed by atoms with Crippen LogP contribution in [0.2, 0.25) is 0 Å². The highest BCUT2D eigenvalue weighted by atomic mass is 19.3. The molecule has 1 unspecified atom stereocenters. The van der Waals surface area contributed by atoms with E-state index in [2.05, 4.69) is 9.52 Å². The lowest BCUT2D eigenvalue weighted by Gasteiger charge is -2.14. The smallest absolute Gasteiger partial charge is 0.392 e. The van der Waals surface area contributed by atoms with Gasteiger partial charge in [0.2, 0.25) is 5.89 Å². The van der Waals surface area contributed by atoms with Crippen LogP contribution in [-0.4, -0.2) is 16.1 Å². The van der Waals surface area contributed by atoms with E-state index in [1.807, 2.05) is 5.10 Å². The van der Waals surface area contributed by atoms with E-state index >= 15 is 0 Å². The van der Waals surface area contributed by atoms with Crippen LogP contribution in [0.4, 0.5) is 8.78 Å². The lowest BCUT2D eigenvalue weighted by Crippen LogP contribution is -2.19. The fraction of sp³-hybridized carbons (Fsp3) is 0.667. The maximum absolute atomic E-state index is 12.6. The van der Waals surface area contributed by atoms with Crippen LogP contribution in [0.5, 0.6) is 0 Å². The molecule has 68 valence electrons. The SMILES string of the molecule is CC(c1n[nH]c(=O)o1)C(C)(F)F. The first-order valence-corrected chi connectivity index (χ1v) is 3.34. The van der Waals surface area contributed by atoms with Crippen molar-refractivity contribution >= 4 is 0 Å². The molecule has 0 aliphatic heterocycles. The Morgan fingerprint density at radius 3 is 2.58 bits per heavy atom. The topological polar surface area (TPSA) is 58.9 Å². The minimum absolute atomic E-state index is 0.271. The molecule has 0 saturated carbocycles.